The molecule has 0 fully saturated rings. The summed E-state index contributed by atoms with van der Waals surface area (Å²) in [6, 6.07) is 13.6. The molecule has 3 heterocycles. The highest BCUT2D eigenvalue weighted by Crippen LogP contribution is 2.37. The molecule has 2 aromatic carbocycles. The number of ether oxygens (including phenoxy) is 4. The Labute approximate surface area is 258 Å². The normalized spacial score (nSPS) is 14.6. The Morgan fingerprint density at radius 3 is 2.34 bits per heavy atom. The first-order valence-electron chi connectivity index (χ1n) is 13.9. The van der Waals surface area contributed by atoms with Gasteiger partial charge < -0.3 is 23.5 Å². The number of methoxy groups -OCH3 is 3. The lowest BCUT2D eigenvalue weighted by atomic mass is 9.95. The summed E-state index contributed by atoms with van der Waals surface area (Å²) in [5.41, 5.74) is 5.09. The third-order valence-electron chi connectivity index (χ3n) is 7.56. The van der Waals surface area contributed by atoms with Crippen LogP contribution in [0.2, 0.25) is 0 Å². The smallest absolute Gasteiger partial charge is 0.338 e. The molecule has 2 aromatic heterocycles. The molecule has 0 saturated carbocycles. The van der Waals surface area contributed by atoms with Gasteiger partial charge in [-0.2, -0.15) is 0 Å². The molecule has 0 spiro atoms. The molecule has 1 atom stereocenters. The number of rotatable bonds is 8. The van der Waals surface area contributed by atoms with E-state index in [0.29, 0.717) is 37.7 Å². The van der Waals surface area contributed by atoms with Crippen molar-refractivity contribution < 1.29 is 28.5 Å². The number of hydrogen-bond donors (Lipinski definition) is 0. The van der Waals surface area contributed by atoms with E-state index in [4.69, 9.17) is 18.9 Å². The summed E-state index contributed by atoms with van der Waals surface area (Å²) in [4.78, 5) is 44.5. The minimum Gasteiger partial charge on any atom is -0.497 e. The van der Waals surface area contributed by atoms with Crippen molar-refractivity contribution in [1.82, 2.24) is 9.13 Å². The molecule has 0 N–H and O–H groups in total. The molecule has 0 unspecified atom stereocenters. The van der Waals surface area contributed by atoms with E-state index in [1.165, 1.54) is 30.1 Å². The molecule has 0 radical (unpaired) electrons. The number of fused-ring (bicyclic) bond motifs is 1. The maximum absolute atomic E-state index is 14.2. The topological polar surface area (TPSA) is 110 Å². The number of esters is 2. The Morgan fingerprint density at radius 2 is 1.70 bits per heavy atom. The monoisotopic (exact) mass is 615 g/mol. The average Bonchev–Trinajstić information content (AvgIpc) is 3.48. The van der Waals surface area contributed by atoms with Crippen molar-refractivity contribution in [2.75, 3.05) is 27.9 Å². The third kappa shape index (κ3) is 5.35. The number of allylic oxidation sites excluding steroid dienone is 1. The highest BCUT2D eigenvalue weighted by Gasteiger charge is 2.35. The summed E-state index contributed by atoms with van der Waals surface area (Å²) in [6.07, 6.45) is 1.84. The second-order valence-corrected chi connectivity index (χ2v) is 11.1. The maximum Gasteiger partial charge on any atom is 0.338 e. The lowest BCUT2D eigenvalue weighted by Gasteiger charge is -2.26. The Morgan fingerprint density at radius 1 is 0.977 bits per heavy atom. The number of aromatic nitrogens is 2. The number of benzene rings is 2. The van der Waals surface area contributed by atoms with Gasteiger partial charge in [0.2, 0.25) is 0 Å². The molecule has 10 nitrogen and oxygen atoms in total. The molecule has 0 aliphatic carbocycles. The zero-order valence-corrected chi connectivity index (χ0v) is 26.4. The number of thiazole rings is 1. The molecule has 1 aliphatic heterocycles. The molecule has 1 aliphatic rings. The Kier molecular flexibility index (Phi) is 8.59. The lowest BCUT2D eigenvalue weighted by Crippen LogP contribution is -2.40. The Bertz CT molecular complexity index is 1980. The zero-order chi connectivity index (χ0) is 31.7. The van der Waals surface area contributed by atoms with Gasteiger partial charge in [0.25, 0.3) is 5.56 Å². The summed E-state index contributed by atoms with van der Waals surface area (Å²) in [5.74, 6) is 0.0852. The molecular formula is C33H33N3O7S. The predicted octanol–water partition coefficient (Wildman–Crippen LogP) is 4.01. The summed E-state index contributed by atoms with van der Waals surface area (Å²) in [6.45, 7) is 7.60. The minimum absolute atomic E-state index is 0.174. The van der Waals surface area contributed by atoms with Crippen molar-refractivity contribution in [3.05, 3.63) is 108 Å². The molecular weight excluding hydrogens is 582 g/mol. The van der Waals surface area contributed by atoms with Gasteiger partial charge >= 0.3 is 11.9 Å². The van der Waals surface area contributed by atoms with Crippen LogP contribution in [0, 0.1) is 13.8 Å². The predicted molar refractivity (Wildman–Crippen MR) is 167 cm³/mol. The van der Waals surface area contributed by atoms with Gasteiger partial charge in [-0.15, -0.1) is 0 Å². The largest absolute Gasteiger partial charge is 0.497 e. The molecule has 0 bridgehead atoms. The number of nitrogens with zero attached hydrogens (tertiary/aromatic N) is 3. The fraction of sp³-hybridized carbons (Fsp3) is 0.273. The Hall–Kier alpha value is -4.90. The SMILES string of the molecule is CCOC(=O)C1=C(C)N=c2s/c(=C/c3cc(C)n(-c4ccc(C(=O)OC)cc4)c3C)c(=O)n2[C@H]1c1ccc(OC)cc1OC. The van der Waals surface area contributed by atoms with Crippen LogP contribution >= 0.6 is 11.3 Å². The maximum atomic E-state index is 14.2. The fourth-order valence-electron chi connectivity index (χ4n) is 5.47. The first kappa shape index (κ1) is 30.6. The summed E-state index contributed by atoms with van der Waals surface area (Å²) >= 11 is 1.25. The molecule has 44 heavy (non-hydrogen) atoms. The van der Waals surface area contributed by atoms with Crippen LogP contribution < -0.4 is 24.4 Å². The van der Waals surface area contributed by atoms with Gasteiger partial charge in [0, 0.05) is 28.7 Å². The second-order valence-electron chi connectivity index (χ2n) is 10.1. The van der Waals surface area contributed by atoms with Crippen molar-refractivity contribution in [1.29, 1.82) is 0 Å². The first-order chi connectivity index (χ1) is 21.1. The van der Waals surface area contributed by atoms with E-state index in [1.807, 2.05) is 38.1 Å². The van der Waals surface area contributed by atoms with E-state index in [2.05, 4.69) is 9.56 Å². The van der Waals surface area contributed by atoms with Crippen molar-refractivity contribution in [2.24, 2.45) is 4.99 Å². The van der Waals surface area contributed by atoms with E-state index >= 15 is 0 Å². The van der Waals surface area contributed by atoms with Gasteiger partial charge in [-0.1, -0.05) is 11.3 Å². The van der Waals surface area contributed by atoms with E-state index < -0.39 is 18.0 Å². The number of carbonyl (C=O) groups is 2. The Balaban J connectivity index is 1.67. The van der Waals surface area contributed by atoms with Gasteiger partial charge in [-0.25, -0.2) is 14.6 Å². The molecule has 228 valence electrons. The van der Waals surface area contributed by atoms with Crippen LogP contribution in [0.4, 0.5) is 0 Å². The molecule has 11 heteroatoms. The van der Waals surface area contributed by atoms with Crippen LogP contribution in [0.1, 0.15) is 52.8 Å². The van der Waals surface area contributed by atoms with Crippen molar-refractivity contribution in [3.63, 3.8) is 0 Å². The zero-order valence-electron chi connectivity index (χ0n) is 25.6. The summed E-state index contributed by atoms with van der Waals surface area (Å²) < 4.78 is 25.3. The van der Waals surface area contributed by atoms with E-state index in [0.717, 1.165) is 22.6 Å². The van der Waals surface area contributed by atoms with Gasteiger partial charge in [-0.05, 0) is 81.8 Å². The van der Waals surface area contributed by atoms with Crippen LogP contribution in [0.15, 0.2) is 69.6 Å². The second kappa shape index (κ2) is 12.4. The molecule has 5 rings (SSSR count). The highest BCUT2D eigenvalue weighted by molar-refractivity contribution is 7.07. The van der Waals surface area contributed by atoms with Crippen LogP contribution in [0.5, 0.6) is 11.5 Å². The number of aryl methyl sites for hydroxylation is 1. The lowest BCUT2D eigenvalue weighted by molar-refractivity contribution is -0.139. The van der Waals surface area contributed by atoms with Crippen molar-refractivity contribution in [3.8, 4) is 17.2 Å². The molecule has 0 saturated heterocycles. The quantitative estimate of drug-likeness (QED) is 0.276. The number of carbonyl (C=O) groups excluding carboxylic acids is 2. The van der Waals surface area contributed by atoms with Crippen LogP contribution in [0.25, 0.3) is 11.8 Å². The van der Waals surface area contributed by atoms with Crippen LogP contribution in [0.3, 0.4) is 0 Å². The third-order valence-corrected chi connectivity index (χ3v) is 8.54. The standard InChI is InChI=1S/C33H33N3O7S/c1-8-43-32(39)28-19(3)34-33-36(29(28)25-14-13-24(40-5)17-26(25)41-6)30(37)27(44-33)16-22-15-18(2)35(20(22)4)23-11-9-21(10-12-23)31(38)42-7/h9-17,29H,8H2,1-7H3/b27-16+/t29-/m0/s1. The van der Waals surface area contributed by atoms with E-state index in [1.54, 1.807) is 51.3 Å². The minimum atomic E-state index is -0.825. The van der Waals surface area contributed by atoms with Crippen molar-refractivity contribution >= 4 is 29.4 Å². The highest BCUT2D eigenvalue weighted by atomic mass is 32.1. The van der Waals surface area contributed by atoms with Gasteiger partial charge in [0.1, 0.15) is 17.5 Å². The molecule has 0 amide bonds. The van der Waals surface area contributed by atoms with Crippen molar-refractivity contribution in [2.45, 2.75) is 33.7 Å². The average molecular weight is 616 g/mol. The molecule has 4 aromatic rings. The van der Waals surface area contributed by atoms with Crippen LogP contribution in [-0.2, 0) is 14.3 Å². The summed E-state index contributed by atoms with van der Waals surface area (Å²) in [7, 11) is 4.43. The van der Waals surface area contributed by atoms with Gasteiger partial charge in [0.15, 0.2) is 4.80 Å². The van der Waals surface area contributed by atoms with E-state index in [9.17, 15) is 14.4 Å². The van der Waals surface area contributed by atoms with Gasteiger partial charge in [-0.3, -0.25) is 9.36 Å². The number of hydrogen-bond acceptors (Lipinski definition) is 9. The fourth-order valence-corrected chi connectivity index (χ4v) is 6.50. The summed E-state index contributed by atoms with van der Waals surface area (Å²) in [5, 5.41) is 0. The van der Waals surface area contributed by atoms with Crippen LogP contribution in [-0.4, -0.2) is 49.0 Å². The first-order valence-corrected chi connectivity index (χ1v) is 14.7. The van der Waals surface area contributed by atoms with Gasteiger partial charge in [0.05, 0.1) is 49.3 Å². The van der Waals surface area contributed by atoms with E-state index in [-0.39, 0.29) is 17.7 Å².